The van der Waals surface area contributed by atoms with Gasteiger partial charge >= 0.3 is 0 Å². The minimum atomic E-state index is -3.88. The van der Waals surface area contributed by atoms with Crippen LogP contribution in [0.25, 0.3) is 0 Å². The Morgan fingerprint density at radius 1 is 1.00 bits per heavy atom. The number of aromatic nitrogens is 1. The van der Waals surface area contributed by atoms with Crippen molar-refractivity contribution in [3.05, 3.63) is 77.1 Å². The first kappa shape index (κ1) is 19.8. The average molecular weight is 433 g/mol. The molecule has 0 radical (unpaired) electrons. The molecule has 4 rings (SSSR count). The van der Waals surface area contributed by atoms with Crippen LogP contribution in [0.1, 0.15) is 17.3 Å². The van der Waals surface area contributed by atoms with Crippen LogP contribution in [0.5, 0.6) is 11.5 Å². The van der Waals surface area contributed by atoms with E-state index >= 15 is 0 Å². The largest absolute Gasteiger partial charge is 0.497 e. The number of ether oxygens (including phenoxy) is 2. The van der Waals surface area contributed by atoms with Crippen molar-refractivity contribution in [2.75, 3.05) is 20.8 Å². The van der Waals surface area contributed by atoms with Crippen molar-refractivity contribution >= 4 is 21.6 Å². The maximum Gasteiger partial charge on any atom is 0.247 e. The number of halogens is 1. The third kappa shape index (κ3) is 3.50. The Kier molecular flexibility index (Phi) is 5.29. The van der Waals surface area contributed by atoms with Crippen molar-refractivity contribution in [3.63, 3.8) is 0 Å². The first-order chi connectivity index (χ1) is 14.0. The van der Waals surface area contributed by atoms with Crippen LogP contribution in [0, 0.1) is 0 Å². The van der Waals surface area contributed by atoms with Gasteiger partial charge in [-0.05, 0) is 42.0 Å². The van der Waals surface area contributed by atoms with Gasteiger partial charge in [0.15, 0.2) is 0 Å². The summed E-state index contributed by atoms with van der Waals surface area (Å²) >= 11 is 6.06. The van der Waals surface area contributed by atoms with Crippen molar-refractivity contribution in [1.82, 2.24) is 8.87 Å². The van der Waals surface area contributed by atoms with E-state index in [9.17, 15) is 8.42 Å². The van der Waals surface area contributed by atoms with E-state index in [1.165, 1.54) is 24.6 Å². The highest BCUT2D eigenvalue weighted by Crippen LogP contribution is 2.39. The van der Waals surface area contributed by atoms with E-state index in [4.69, 9.17) is 21.1 Å². The van der Waals surface area contributed by atoms with Crippen molar-refractivity contribution < 1.29 is 17.9 Å². The zero-order chi connectivity index (χ0) is 20.6. The van der Waals surface area contributed by atoms with Crippen molar-refractivity contribution in [3.8, 4) is 11.5 Å². The van der Waals surface area contributed by atoms with Gasteiger partial charge in [0.2, 0.25) is 10.0 Å². The third-order valence-electron chi connectivity index (χ3n) is 5.14. The monoisotopic (exact) mass is 432 g/mol. The zero-order valence-corrected chi connectivity index (χ0v) is 17.7. The fourth-order valence-electron chi connectivity index (χ4n) is 3.72. The molecule has 0 saturated carbocycles. The molecule has 0 bridgehead atoms. The summed E-state index contributed by atoms with van der Waals surface area (Å²) in [5, 5.41) is 0.601. The summed E-state index contributed by atoms with van der Waals surface area (Å²) in [5.74, 6) is 0.731. The third-order valence-corrected chi connectivity index (χ3v) is 7.27. The summed E-state index contributed by atoms with van der Waals surface area (Å²) in [6.45, 7) is 0.898. The van der Waals surface area contributed by atoms with E-state index in [2.05, 4.69) is 4.57 Å². The van der Waals surface area contributed by atoms with E-state index in [1.807, 2.05) is 30.5 Å². The van der Waals surface area contributed by atoms with Gasteiger partial charge in [0.25, 0.3) is 0 Å². The fraction of sp³-hybridized carbons (Fsp3) is 0.238. The van der Waals surface area contributed by atoms with Gasteiger partial charge in [0.1, 0.15) is 16.4 Å². The molecule has 1 aromatic heterocycles. The summed E-state index contributed by atoms with van der Waals surface area (Å²) in [5.41, 5.74) is 1.75. The van der Waals surface area contributed by atoms with Gasteiger partial charge in [-0.2, -0.15) is 4.31 Å². The summed E-state index contributed by atoms with van der Waals surface area (Å²) in [4.78, 5) is 0.0818. The van der Waals surface area contributed by atoms with Gasteiger partial charge in [-0.3, -0.25) is 0 Å². The Labute approximate surface area is 175 Å². The van der Waals surface area contributed by atoms with Crippen LogP contribution >= 0.6 is 11.6 Å². The molecule has 0 N–H and O–H groups in total. The van der Waals surface area contributed by atoms with Crippen LogP contribution < -0.4 is 9.47 Å². The minimum Gasteiger partial charge on any atom is -0.497 e. The first-order valence-corrected chi connectivity index (χ1v) is 10.9. The lowest BCUT2D eigenvalue weighted by molar-refractivity contribution is 0.296. The molecule has 1 atom stereocenters. The SMILES string of the molecule is COc1ccc(OC)c(S(=O)(=O)N2CCn3cccc3[C@H]2c2ccc(Cl)cc2)c1. The number of rotatable bonds is 5. The standard InChI is InChI=1S/C21H21ClN2O4S/c1-27-17-9-10-19(28-2)20(14-17)29(25,26)24-13-12-23-11-3-4-18(23)21(24)15-5-7-16(22)8-6-15/h3-11,14,21H,12-13H2,1-2H3/t21-/m1/s1. The normalized spacial score (nSPS) is 17.0. The zero-order valence-electron chi connectivity index (χ0n) is 16.1. The lowest BCUT2D eigenvalue weighted by Gasteiger charge is -2.36. The van der Waals surface area contributed by atoms with E-state index in [0.29, 0.717) is 23.9 Å². The molecule has 0 fully saturated rings. The van der Waals surface area contributed by atoms with E-state index in [-0.39, 0.29) is 10.6 Å². The summed E-state index contributed by atoms with van der Waals surface area (Å²) in [6.07, 6.45) is 1.97. The topological polar surface area (TPSA) is 60.8 Å². The van der Waals surface area contributed by atoms with Gasteiger partial charge in [0, 0.05) is 36.1 Å². The molecule has 0 amide bonds. The van der Waals surface area contributed by atoms with Crippen LogP contribution in [-0.2, 0) is 16.6 Å². The first-order valence-electron chi connectivity index (χ1n) is 9.10. The molecule has 8 heteroatoms. The summed E-state index contributed by atoms with van der Waals surface area (Å²) < 4.78 is 41.7. The number of methoxy groups -OCH3 is 2. The molecule has 1 aliphatic heterocycles. The molecule has 1 aliphatic rings. The van der Waals surface area contributed by atoms with Gasteiger partial charge in [-0.25, -0.2) is 8.42 Å². The van der Waals surface area contributed by atoms with Gasteiger partial charge in [0.05, 0.1) is 20.3 Å². The number of benzene rings is 2. The quantitative estimate of drug-likeness (QED) is 0.612. The van der Waals surface area contributed by atoms with Gasteiger partial charge < -0.3 is 14.0 Å². The van der Waals surface area contributed by atoms with Crippen LogP contribution in [0.4, 0.5) is 0 Å². The molecule has 2 aromatic carbocycles. The number of hydrogen-bond donors (Lipinski definition) is 0. The van der Waals surface area contributed by atoms with Crippen molar-refractivity contribution in [2.24, 2.45) is 0 Å². The number of nitrogens with zero attached hydrogens (tertiary/aromatic N) is 2. The lowest BCUT2D eigenvalue weighted by atomic mass is 10.0. The van der Waals surface area contributed by atoms with E-state index in [1.54, 1.807) is 24.3 Å². The summed E-state index contributed by atoms with van der Waals surface area (Å²) in [7, 11) is -0.924. The number of sulfonamides is 1. The molecule has 3 aromatic rings. The highest BCUT2D eigenvalue weighted by molar-refractivity contribution is 7.89. The summed E-state index contributed by atoms with van der Waals surface area (Å²) in [6, 6.07) is 15.5. The predicted octanol–water partition coefficient (Wildman–Crippen LogP) is 3.95. The molecule has 0 saturated heterocycles. The second-order valence-electron chi connectivity index (χ2n) is 6.71. The highest BCUT2D eigenvalue weighted by Gasteiger charge is 2.39. The van der Waals surface area contributed by atoms with Crippen LogP contribution in [-0.4, -0.2) is 38.1 Å². The predicted molar refractivity (Wildman–Crippen MR) is 111 cm³/mol. The molecule has 0 unspecified atom stereocenters. The molecule has 6 nitrogen and oxygen atoms in total. The van der Waals surface area contributed by atoms with Crippen LogP contribution in [0.15, 0.2) is 65.7 Å². The second-order valence-corrected chi connectivity index (χ2v) is 9.01. The molecule has 29 heavy (non-hydrogen) atoms. The van der Waals surface area contributed by atoms with Gasteiger partial charge in [-0.1, -0.05) is 23.7 Å². The molecule has 0 aliphatic carbocycles. The van der Waals surface area contributed by atoms with Gasteiger partial charge in [-0.15, -0.1) is 0 Å². The maximum absolute atomic E-state index is 13.8. The van der Waals surface area contributed by atoms with Crippen LogP contribution in [0.3, 0.4) is 0 Å². The Morgan fingerprint density at radius 3 is 2.45 bits per heavy atom. The Bertz CT molecular complexity index is 1130. The number of fused-ring (bicyclic) bond motifs is 1. The lowest BCUT2D eigenvalue weighted by Crippen LogP contribution is -2.42. The minimum absolute atomic E-state index is 0.0818. The Morgan fingerprint density at radius 2 is 1.76 bits per heavy atom. The van der Waals surface area contributed by atoms with Crippen molar-refractivity contribution in [1.29, 1.82) is 0 Å². The average Bonchev–Trinajstić information content (AvgIpc) is 3.22. The van der Waals surface area contributed by atoms with Crippen LogP contribution in [0.2, 0.25) is 5.02 Å². The smallest absolute Gasteiger partial charge is 0.247 e. The molecule has 0 spiro atoms. The molecule has 152 valence electrons. The fourth-order valence-corrected chi connectivity index (χ4v) is 5.59. The Hall–Kier alpha value is -2.48. The molecular formula is C21H21ClN2O4S. The second kappa shape index (κ2) is 7.74. The van der Waals surface area contributed by atoms with E-state index in [0.717, 1.165) is 11.3 Å². The van der Waals surface area contributed by atoms with E-state index < -0.39 is 16.1 Å². The number of hydrogen-bond acceptors (Lipinski definition) is 4. The highest BCUT2D eigenvalue weighted by atomic mass is 35.5. The maximum atomic E-state index is 13.8. The molecule has 2 heterocycles. The molecular weight excluding hydrogens is 412 g/mol. The Balaban J connectivity index is 1.87. The van der Waals surface area contributed by atoms with Crippen molar-refractivity contribution in [2.45, 2.75) is 17.5 Å².